The Morgan fingerprint density at radius 3 is 2.33 bits per heavy atom. The number of rotatable bonds is 10. The fourth-order valence-corrected chi connectivity index (χ4v) is 3.68. The monoisotopic (exact) mass is 498 g/mol. The van der Waals surface area contributed by atoms with Crippen molar-refractivity contribution in [3.05, 3.63) is 76.9 Å². The zero-order valence-electron chi connectivity index (χ0n) is 19.9. The van der Waals surface area contributed by atoms with Crippen molar-refractivity contribution >= 4 is 17.6 Å². The molecule has 2 heterocycles. The number of ketones is 1. The number of pyridine rings is 1. The fraction of sp³-hybridized carbons (Fsp3) is 0.280. The van der Waals surface area contributed by atoms with Crippen LogP contribution < -0.4 is 10.6 Å². The van der Waals surface area contributed by atoms with Crippen LogP contribution in [0.4, 0.5) is 4.39 Å². The maximum absolute atomic E-state index is 13.5. The lowest BCUT2D eigenvalue weighted by Gasteiger charge is -2.25. The van der Waals surface area contributed by atoms with Gasteiger partial charge in [-0.2, -0.15) is 4.39 Å². The van der Waals surface area contributed by atoms with Crippen molar-refractivity contribution < 1.29 is 33.7 Å². The first-order valence-electron chi connectivity index (χ1n) is 11.1. The van der Waals surface area contributed by atoms with Gasteiger partial charge in [-0.05, 0) is 31.5 Å². The number of nitrogens with one attached hydrogen (secondary N) is 3. The fourth-order valence-electron chi connectivity index (χ4n) is 3.68. The van der Waals surface area contributed by atoms with Gasteiger partial charge in [0, 0.05) is 12.7 Å². The molecule has 0 fully saturated rings. The average Bonchev–Trinajstić information content (AvgIpc) is 3.12. The van der Waals surface area contributed by atoms with Crippen molar-refractivity contribution in [1.29, 1.82) is 0 Å². The number of hydrogen-bond donors (Lipinski definition) is 5. The van der Waals surface area contributed by atoms with Gasteiger partial charge >= 0.3 is 0 Å². The Morgan fingerprint density at radius 2 is 1.75 bits per heavy atom. The summed E-state index contributed by atoms with van der Waals surface area (Å²) in [6.45, 7) is 3.00. The molecule has 3 atom stereocenters. The molecule has 11 heteroatoms. The molecule has 0 spiro atoms. The third kappa shape index (κ3) is 6.05. The SMILES string of the molecule is COC(C)C(NC(=O)C[C@H](NC(=O)c1cccc(F)n1)c1ccccc1)C(=O)c1c(O)[nH]c(O)c1C. The van der Waals surface area contributed by atoms with Gasteiger partial charge in [0.25, 0.3) is 5.91 Å². The van der Waals surface area contributed by atoms with Gasteiger partial charge in [-0.3, -0.25) is 19.4 Å². The Morgan fingerprint density at radius 1 is 1.06 bits per heavy atom. The van der Waals surface area contributed by atoms with E-state index in [-0.39, 0.29) is 29.1 Å². The van der Waals surface area contributed by atoms with E-state index in [1.165, 1.54) is 26.2 Å². The Labute approximate surface area is 206 Å². The van der Waals surface area contributed by atoms with Crippen molar-refractivity contribution in [2.45, 2.75) is 38.5 Å². The van der Waals surface area contributed by atoms with Crippen LogP contribution in [0.2, 0.25) is 0 Å². The van der Waals surface area contributed by atoms with Crippen molar-refractivity contribution in [1.82, 2.24) is 20.6 Å². The molecule has 3 aromatic rings. The van der Waals surface area contributed by atoms with Crippen LogP contribution in [-0.2, 0) is 9.53 Å². The standard InChI is InChI=1S/C25H27FN4O6/c1-13-20(25(35)30-23(13)33)22(32)21(14(2)36-3)29-19(31)12-17(15-8-5-4-6-9-15)28-24(34)16-10-7-11-18(26)27-16/h4-11,14,17,21,30,33,35H,12H2,1-3H3,(H,28,34)(H,29,31)/t14?,17-,21?/m0/s1. The smallest absolute Gasteiger partial charge is 0.270 e. The molecule has 2 amide bonds. The Hall–Kier alpha value is -4.25. The van der Waals surface area contributed by atoms with Gasteiger partial charge in [0.05, 0.1) is 24.1 Å². The molecule has 0 saturated heterocycles. The minimum Gasteiger partial charge on any atom is -0.494 e. The molecule has 190 valence electrons. The lowest BCUT2D eigenvalue weighted by molar-refractivity contribution is -0.122. The minimum atomic E-state index is -1.21. The maximum atomic E-state index is 13.5. The first kappa shape index (κ1) is 26.4. The predicted molar refractivity (Wildman–Crippen MR) is 127 cm³/mol. The van der Waals surface area contributed by atoms with E-state index in [1.54, 1.807) is 37.3 Å². The molecule has 0 bridgehead atoms. The van der Waals surface area contributed by atoms with Gasteiger partial charge in [0.15, 0.2) is 11.7 Å². The summed E-state index contributed by atoms with van der Waals surface area (Å²) in [5.74, 6) is -3.68. The predicted octanol–water partition coefficient (Wildman–Crippen LogP) is 2.53. The van der Waals surface area contributed by atoms with Gasteiger partial charge in [0.2, 0.25) is 17.7 Å². The van der Waals surface area contributed by atoms with E-state index in [0.717, 1.165) is 6.07 Å². The molecule has 1 aromatic carbocycles. The minimum absolute atomic E-state index is 0.122. The quantitative estimate of drug-likeness (QED) is 0.213. The third-order valence-electron chi connectivity index (χ3n) is 5.73. The summed E-state index contributed by atoms with van der Waals surface area (Å²) in [6.07, 6.45) is -1.06. The lowest BCUT2D eigenvalue weighted by Crippen LogP contribution is -2.49. The van der Waals surface area contributed by atoms with Gasteiger partial charge in [0.1, 0.15) is 11.7 Å². The highest BCUT2D eigenvalue weighted by Crippen LogP contribution is 2.30. The number of aromatic hydroxyl groups is 2. The van der Waals surface area contributed by atoms with Crippen LogP contribution in [-0.4, -0.2) is 57.0 Å². The molecule has 3 rings (SSSR count). The number of carbonyl (C=O) groups is 3. The zero-order chi connectivity index (χ0) is 26.4. The van der Waals surface area contributed by atoms with E-state index in [2.05, 4.69) is 20.6 Å². The van der Waals surface area contributed by atoms with Crippen LogP contribution >= 0.6 is 0 Å². The summed E-state index contributed by atoms with van der Waals surface area (Å²) in [6, 6.07) is 10.4. The third-order valence-corrected chi connectivity index (χ3v) is 5.73. The number of methoxy groups -OCH3 is 1. The molecule has 5 N–H and O–H groups in total. The van der Waals surface area contributed by atoms with E-state index in [4.69, 9.17) is 4.74 Å². The summed E-state index contributed by atoms with van der Waals surface area (Å²) >= 11 is 0. The highest BCUT2D eigenvalue weighted by molar-refractivity contribution is 6.05. The zero-order valence-corrected chi connectivity index (χ0v) is 19.9. The summed E-state index contributed by atoms with van der Waals surface area (Å²) < 4.78 is 18.8. The topological polar surface area (TPSA) is 154 Å². The number of hydrogen-bond acceptors (Lipinski definition) is 7. The lowest BCUT2D eigenvalue weighted by atomic mass is 9.98. The first-order chi connectivity index (χ1) is 17.1. The van der Waals surface area contributed by atoms with Gasteiger partial charge in [-0.15, -0.1) is 0 Å². The van der Waals surface area contributed by atoms with Crippen molar-refractivity contribution in [3.8, 4) is 11.8 Å². The normalized spacial score (nSPS) is 13.4. The Balaban J connectivity index is 1.83. The van der Waals surface area contributed by atoms with Crippen LogP contribution in [0, 0.1) is 12.9 Å². The number of ether oxygens (including phenoxy) is 1. The molecule has 0 aliphatic rings. The number of aromatic nitrogens is 2. The van der Waals surface area contributed by atoms with E-state index < -0.39 is 47.6 Å². The van der Waals surface area contributed by atoms with Gasteiger partial charge < -0.3 is 25.6 Å². The number of halogens is 1. The number of carbonyl (C=O) groups excluding carboxylic acids is 3. The van der Waals surface area contributed by atoms with E-state index in [0.29, 0.717) is 5.56 Å². The first-order valence-corrected chi connectivity index (χ1v) is 11.1. The summed E-state index contributed by atoms with van der Waals surface area (Å²) in [5, 5.41) is 25.2. The molecule has 0 saturated carbocycles. The second-order valence-corrected chi connectivity index (χ2v) is 8.16. The molecular formula is C25H27FN4O6. The molecule has 10 nitrogen and oxygen atoms in total. The molecule has 36 heavy (non-hydrogen) atoms. The van der Waals surface area contributed by atoms with Crippen LogP contribution in [0.15, 0.2) is 48.5 Å². The molecule has 0 aliphatic heterocycles. The molecule has 0 radical (unpaired) electrons. The van der Waals surface area contributed by atoms with E-state index in [1.807, 2.05) is 0 Å². The molecule has 2 aromatic heterocycles. The van der Waals surface area contributed by atoms with E-state index >= 15 is 0 Å². The van der Waals surface area contributed by atoms with Crippen LogP contribution in [0.1, 0.15) is 51.4 Å². The highest BCUT2D eigenvalue weighted by Gasteiger charge is 2.33. The number of nitrogens with zero attached hydrogens (tertiary/aromatic N) is 1. The summed E-state index contributed by atoms with van der Waals surface area (Å²) in [4.78, 5) is 44.8. The second kappa shape index (κ2) is 11.5. The van der Waals surface area contributed by atoms with Gasteiger partial charge in [-0.25, -0.2) is 4.98 Å². The molecule has 2 unspecified atom stereocenters. The average molecular weight is 499 g/mol. The molecular weight excluding hydrogens is 471 g/mol. The maximum Gasteiger partial charge on any atom is 0.270 e. The van der Waals surface area contributed by atoms with Gasteiger partial charge in [-0.1, -0.05) is 36.4 Å². The van der Waals surface area contributed by atoms with E-state index in [9.17, 15) is 29.0 Å². The number of H-pyrrole nitrogens is 1. The number of amides is 2. The Bertz CT molecular complexity index is 1250. The highest BCUT2D eigenvalue weighted by atomic mass is 19.1. The van der Waals surface area contributed by atoms with Crippen LogP contribution in [0.25, 0.3) is 0 Å². The van der Waals surface area contributed by atoms with Crippen LogP contribution in [0.3, 0.4) is 0 Å². The second-order valence-electron chi connectivity index (χ2n) is 8.16. The Kier molecular flexibility index (Phi) is 8.38. The van der Waals surface area contributed by atoms with Crippen molar-refractivity contribution in [3.63, 3.8) is 0 Å². The summed E-state index contributed by atoms with van der Waals surface area (Å²) in [7, 11) is 1.36. The largest absolute Gasteiger partial charge is 0.494 e. The number of aromatic amines is 1. The molecule has 0 aliphatic carbocycles. The van der Waals surface area contributed by atoms with Crippen LogP contribution in [0.5, 0.6) is 11.8 Å². The summed E-state index contributed by atoms with van der Waals surface area (Å²) in [5.41, 5.74) is 0.392. The van der Waals surface area contributed by atoms with Crippen molar-refractivity contribution in [2.75, 3.05) is 7.11 Å². The number of benzene rings is 1. The number of Topliss-reactive ketones (excluding diaryl/α,β-unsaturated/α-hetero) is 1. The van der Waals surface area contributed by atoms with Crippen molar-refractivity contribution in [2.24, 2.45) is 0 Å².